The third kappa shape index (κ3) is 4.64. The van der Waals surface area contributed by atoms with Gasteiger partial charge in [0.15, 0.2) is 0 Å². The zero-order valence-corrected chi connectivity index (χ0v) is 5.02. The Kier molecular flexibility index (Phi) is 2.30. The Morgan fingerprint density at radius 3 is 1.83 bits per heavy atom. The van der Waals surface area contributed by atoms with E-state index in [4.69, 9.17) is 4.55 Å². The van der Waals surface area contributed by atoms with Crippen LogP contribution in [0, 0.1) is 0 Å². The Morgan fingerprint density at radius 1 is 1.67 bits per heavy atom. The molecule has 0 aliphatic rings. The minimum absolute atomic E-state index is 0.698. The van der Waals surface area contributed by atoms with Crippen LogP contribution in [0.4, 0.5) is 0 Å². The fourth-order valence-corrected chi connectivity index (χ4v) is 0. The zero-order valence-electron chi connectivity index (χ0n) is 2.79. The van der Waals surface area contributed by atoms with Crippen molar-refractivity contribution < 1.29 is 15.6 Å². The molecule has 0 atom stereocenters. The molecule has 6 heteroatoms. The highest BCUT2D eigenvalue weighted by molar-refractivity contribution is 7.81. The van der Waals surface area contributed by atoms with Crippen LogP contribution >= 0.6 is 0 Å². The summed E-state index contributed by atoms with van der Waals surface area (Å²) >= 11 is 0.698. The fraction of sp³-hybridized carbons (Fsp3) is 0. The molecule has 0 aliphatic carbocycles. The first-order valence-electron chi connectivity index (χ1n) is 0.971. The largest absolute Gasteiger partial charge is 0.490 e. The first-order chi connectivity index (χ1) is 2.56. The lowest BCUT2D eigenvalue weighted by Crippen LogP contribution is -1.98. The second-order valence-corrected chi connectivity index (χ2v) is 2.34. The Bertz CT molecular complexity index is 110. The number of hydrogen-bond acceptors (Lipinski definition) is 3. The molecule has 0 aromatic carbocycles. The maximum absolute atomic E-state index is 9.34. The predicted octanol–water partition coefficient (Wildman–Crippen LogP) is -1.11. The summed E-state index contributed by atoms with van der Waals surface area (Å²) in [6.45, 7) is 0. The van der Waals surface area contributed by atoms with Crippen LogP contribution in [-0.4, -0.2) is 35.1 Å². The molecule has 0 aromatic heterocycles. The molecule has 0 amide bonds. The summed E-state index contributed by atoms with van der Waals surface area (Å²) in [5.74, 6) is 0. The van der Waals surface area contributed by atoms with Gasteiger partial charge < -0.3 is 2.62 Å². The van der Waals surface area contributed by atoms with Gasteiger partial charge in [-0.25, -0.2) is 0 Å². The Balaban J connectivity index is 3.85. The summed E-state index contributed by atoms with van der Waals surface area (Å²) in [6.07, 6.45) is 0. The van der Waals surface area contributed by atoms with Gasteiger partial charge in [0.2, 0.25) is 0 Å². The van der Waals surface area contributed by atoms with Crippen molar-refractivity contribution in [3.05, 3.63) is 0 Å². The van der Waals surface area contributed by atoms with Crippen LogP contribution in [0.5, 0.6) is 0 Å². The third-order valence-electron chi connectivity index (χ3n) is 0.149. The van der Waals surface area contributed by atoms with Crippen LogP contribution in [0.3, 0.4) is 0 Å². The topological polar surface area (TPSA) is 63.6 Å². The molecular formula is HMgO4S. The van der Waals surface area contributed by atoms with E-state index in [-0.39, 0.29) is 0 Å². The number of hydrogen-bond donors (Lipinski definition) is 1. The van der Waals surface area contributed by atoms with Crippen molar-refractivity contribution in [2.24, 2.45) is 0 Å². The predicted molar refractivity (Wildman–Crippen MR) is 18.4 cm³/mol. The SMILES string of the molecule is O=S(=O)(O)[O][Mg]. The van der Waals surface area contributed by atoms with E-state index < -0.39 is 10.4 Å². The monoisotopic (exact) mass is 121 g/mol. The second-order valence-electron chi connectivity index (χ2n) is 0.546. The smallest absolute Gasteiger partial charge is 0.469 e. The van der Waals surface area contributed by atoms with Crippen LogP contribution in [0.25, 0.3) is 0 Å². The molecule has 0 saturated carbocycles. The molecule has 0 saturated heterocycles. The molecule has 0 unspecified atom stereocenters. The second kappa shape index (κ2) is 2.08. The Morgan fingerprint density at radius 2 is 1.83 bits per heavy atom. The highest BCUT2D eigenvalue weighted by Gasteiger charge is 1.90. The van der Waals surface area contributed by atoms with E-state index in [1.54, 1.807) is 0 Å². The van der Waals surface area contributed by atoms with Gasteiger partial charge in [-0.05, 0) is 0 Å². The first-order valence-corrected chi connectivity index (χ1v) is 2.91. The van der Waals surface area contributed by atoms with Crippen molar-refractivity contribution in [3.63, 3.8) is 0 Å². The van der Waals surface area contributed by atoms with E-state index in [0.717, 1.165) is 0 Å². The summed E-state index contributed by atoms with van der Waals surface area (Å²) in [5.41, 5.74) is 0. The fourth-order valence-electron chi connectivity index (χ4n) is 0. The third-order valence-corrected chi connectivity index (χ3v) is 1.34. The van der Waals surface area contributed by atoms with Gasteiger partial charge in [0.1, 0.15) is 0 Å². The Hall–Kier alpha value is 0.636. The summed E-state index contributed by atoms with van der Waals surface area (Å²) in [6, 6.07) is 0. The summed E-state index contributed by atoms with van der Waals surface area (Å²) < 4.78 is 29.8. The summed E-state index contributed by atoms with van der Waals surface area (Å²) in [5, 5.41) is 0. The maximum Gasteiger partial charge on any atom is 0.490 e. The van der Waals surface area contributed by atoms with Crippen LogP contribution in [0.15, 0.2) is 0 Å². The molecule has 6 heavy (non-hydrogen) atoms. The normalized spacial score (nSPS) is 11.3. The number of rotatable bonds is 1. The standard InChI is InChI=1S/Mg.H2O4S/c;1-5(2,3)4/h;(H2,1,2,3,4)/q+1;/p-1. The van der Waals surface area contributed by atoms with Crippen LogP contribution in [0.1, 0.15) is 0 Å². The van der Waals surface area contributed by atoms with Gasteiger partial charge in [-0.1, -0.05) is 0 Å². The van der Waals surface area contributed by atoms with E-state index in [2.05, 4.69) is 2.62 Å². The molecule has 0 fully saturated rings. The van der Waals surface area contributed by atoms with Crippen molar-refractivity contribution in [2.45, 2.75) is 0 Å². The molecule has 0 rings (SSSR count). The Labute approximate surface area is 48.4 Å². The van der Waals surface area contributed by atoms with Gasteiger partial charge in [-0.15, -0.1) is 0 Å². The highest BCUT2D eigenvalue weighted by Crippen LogP contribution is 1.73. The lowest BCUT2D eigenvalue weighted by molar-refractivity contribution is 0.400. The van der Waals surface area contributed by atoms with Crippen molar-refractivity contribution in [1.82, 2.24) is 0 Å². The van der Waals surface area contributed by atoms with Gasteiger partial charge in [-0.2, -0.15) is 8.42 Å². The van der Waals surface area contributed by atoms with E-state index >= 15 is 0 Å². The van der Waals surface area contributed by atoms with Gasteiger partial charge in [0.05, 0.1) is 0 Å². The summed E-state index contributed by atoms with van der Waals surface area (Å²) in [7, 11) is -4.15. The highest BCUT2D eigenvalue weighted by atomic mass is 32.3. The van der Waals surface area contributed by atoms with Gasteiger partial charge in [-0.3, -0.25) is 4.55 Å². The van der Waals surface area contributed by atoms with Gasteiger partial charge in [0, 0.05) is 0 Å². The molecule has 1 radical (unpaired) electrons. The molecular weight excluding hydrogens is 120 g/mol. The molecule has 0 spiro atoms. The van der Waals surface area contributed by atoms with Gasteiger partial charge in [0.25, 0.3) is 0 Å². The average molecular weight is 121 g/mol. The van der Waals surface area contributed by atoms with E-state index in [1.807, 2.05) is 0 Å². The minimum Gasteiger partial charge on any atom is -0.469 e. The molecule has 1 N–H and O–H groups in total. The van der Waals surface area contributed by atoms with Crippen molar-refractivity contribution in [1.29, 1.82) is 0 Å². The molecule has 0 heterocycles. The maximum atomic E-state index is 9.34. The van der Waals surface area contributed by atoms with E-state index in [0.29, 0.717) is 22.1 Å². The van der Waals surface area contributed by atoms with E-state index in [9.17, 15) is 8.42 Å². The molecule has 0 aromatic rings. The molecule has 0 bridgehead atoms. The minimum atomic E-state index is -4.15. The quantitative estimate of drug-likeness (QED) is 0.353. The van der Waals surface area contributed by atoms with Gasteiger partial charge >= 0.3 is 32.5 Å². The molecule has 33 valence electrons. The lowest BCUT2D eigenvalue weighted by atomic mass is 15.8. The average Bonchev–Trinajstić information content (AvgIpc) is 1.35. The van der Waals surface area contributed by atoms with Crippen LogP contribution in [0.2, 0.25) is 0 Å². The first kappa shape index (κ1) is 6.64. The summed E-state index contributed by atoms with van der Waals surface area (Å²) in [4.78, 5) is 0. The zero-order chi connectivity index (χ0) is 5.21. The lowest BCUT2D eigenvalue weighted by Gasteiger charge is -1.87. The molecule has 4 nitrogen and oxygen atoms in total. The van der Waals surface area contributed by atoms with Crippen LogP contribution in [-0.2, 0) is 13.0 Å². The van der Waals surface area contributed by atoms with Crippen molar-refractivity contribution >= 4 is 32.5 Å². The molecule has 0 aliphatic heterocycles. The van der Waals surface area contributed by atoms with E-state index in [1.165, 1.54) is 0 Å². The van der Waals surface area contributed by atoms with Crippen molar-refractivity contribution in [3.8, 4) is 0 Å². The van der Waals surface area contributed by atoms with Crippen LogP contribution < -0.4 is 0 Å². The van der Waals surface area contributed by atoms with Crippen molar-refractivity contribution in [2.75, 3.05) is 0 Å².